The second-order valence-corrected chi connectivity index (χ2v) is 4.72. The van der Waals surface area contributed by atoms with Gasteiger partial charge in [0, 0.05) is 36.9 Å². The van der Waals surface area contributed by atoms with Gasteiger partial charge in [0.25, 0.3) is 0 Å². The molecule has 0 unspecified atom stereocenters. The van der Waals surface area contributed by atoms with Crippen molar-refractivity contribution in [1.29, 1.82) is 0 Å². The molecular formula is C16H19N3O2. The van der Waals surface area contributed by atoms with Gasteiger partial charge in [-0.05, 0) is 36.8 Å². The van der Waals surface area contributed by atoms with Gasteiger partial charge < -0.3 is 15.4 Å². The molecule has 2 rings (SSSR count). The minimum Gasteiger partial charge on any atom is -0.381 e. The van der Waals surface area contributed by atoms with Gasteiger partial charge in [0.2, 0.25) is 5.91 Å². The molecule has 2 aromatic rings. The molecule has 0 aliphatic heterocycles. The van der Waals surface area contributed by atoms with E-state index in [2.05, 4.69) is 15.6 Å². The third-order valence-corrected chi connectivity index (χ3v) is 2.89. The molecule has 0 saturated heterocycles. The molecule has 110 valence electrons. The first kappa shape index (κ1) is 15.0. The molecule has 1 amide bonds. The highest BCUT2D eigenvalue weighted by Gasteiger charge is 2.02. The first-order valence-corrected chi connectivity index (χ1v) is 6.71. The fourth-order valence-corrected chi connectivity index (χ4v) is 1.84. The number of rotatable bonds is 6. The van der Waals surface area contributed by atoms with Crippen LogP contribution < -0.4 is 10.6 Å². The van der Waals surface area contributed by atoms with Crippen molar-refractivity contribution in [3.05, 3.63) is 53.9 Å². The molecule has 1 aromatic carbocycles. The Hall–Kier alpha value is -2.40. The number of anilines is 2. The van der Waals surface area contributed by atoms with Crippen molar-refractivity contribution in [1.82, 2.24) is 4.98 Å². The van der Waals surface area contributed by atoms with E-state index in [-0.39, 0.29) is 12.5 Å². The number of nitrogens with zero attached hydrogens (tertiary/aromatic N) is 1. The number of amides is 1. The normalized spacial score (nSPS) is 10.2. The lowest BCUT2D eigenvalue weighted by molar-refractivity contribution is -0.119. The predicted octanol–water partition coefficient (Wildman–Crippen LogP) is 2.59. The molecule has 0 atom stereocenters. The summed E-state index contributed by atoms with van der Waals surface area (Å²) in [5, 5.41) is 6.08. The predicted molar refractivity (Wildman–Crippen MR) is 83.2 cm³/mol. The molecule has 0 aliphatic carbocycles. The average molecular weight is 285 g/mol. The number of carbonyl (C=O) groups excluding carboxylic acids is 1. The Kier molecular flexibility index (Phi) is 5.29. The van der Waals surface area contributed by atoms with E-state index in [4.69, 9.17) is 4.74 Å². The van der Waals surface area contributed by atoms with E-state index < -0.39 is 0 Å². The number of hydrogen-bond acceptors (Lipinski definition) is 4. The Balaban J connectivity index is 1.94. The molecule has 1 aromatic heterocycles. The van der Waals surface area contributed by atoms with Crippen molar-refractivity contribution < 1.29 is 9.53 Å². The quantitative estimate of drug-likeness (QED) is 0.856. The summed E-state index contributed by atoms with van der Waals surface area (Å²) >= 11 is 0. The Morgan fingerprint density at radius 3 is 2.76 bits per heavy atom. The van der Waals surface area contributed by atoms with Crippen LogP contribution in [0.2, 0.25) is 0 Å². The molecule has 1 heterocycles. The van der Waals surface area contributed by atoms with E-state index in [0.29, 0.717) is 6.54 Å². The van der Waals surface area contributed by atoms with Crippen LogP contribution in [0.1, 0.15) is 11.3 Å². The fourth-order valence-electron chi connectivity index (χ4n) is 1.84. The van der Waals surface area contributed by atoms with Gasteiger partial charge in [-0.3, -0.25) is 9.78 Å². The zero-order chi connectivity index (χ0) is 15.1. The molecular weight excluding hydrogens is 266 g/mol. The van der Waals surface area contributed by atoms with E-state index in [9.17, 15) is 4.79 Å². The zero-order valence-electron chi connectivity index (χ0n) is 12.2. The minimum atomic E-state index is -0.169. The van der Waals surface area contributed by atoms with E-state index in [0.717, 1.165) is 22.6 Å². The standard InChI is InChI=1S/C16H19N3O2/c1-12-6-7-13(9-17-12)10-18-14-4-3-5-15(8-14)19-16(20)11-21-2/h3-9,18H,10-11H2,1-2H3,(H,19,20). The summed E-state index contributed by atoms with van der Waals surface area (Å²) in [5.74, 6) is -0.169. The molecule has 0 fully saturated rings. The van der Waals surface area contributed by atoms with Crippen LogP contribution >= 0.6 is 0 Å². The SMILES string of the molecule is COCC(=O)Nc1cccc(NCc2ccc(C)nc2)c1. The second kappa shape index (κ2) is 7.40. The number of benzene rings is 1. The maximum absolute atomic E-state index is 11.5. The molecule has 21 heavy (non-hydrogen) atoms. The van der Waals surface area contributed by atoms with Gasteiger partial charge >= 0.3 is 0 Å². The molecule has 0 aliphatic rings. The number of pyridine rings is 1. The van der Waals surface area contributed by atoms with Gasteiger partial charge in [0.15, 0.2) is 0 Å². The van der Waals surface area contributed by atoms with E-state index >= 15 is 0 Å². The average Bonchev–Trinajstić information content (AvgIpc) is 2.47. The third-order valence-electron chi connectivity index (χ3n) is 2.89. The summed E-state index contributed by atoms with van der Waals surface area (Å²) in [6, 6.07) is 11.6. The van der Waals surface area contributed by atoms with Gasteiger partial charge in [-0.1, -0.05) is 12.1 Å². The largest absolute Gasteiger partial charge is 0.381 e. The lowest BCUT2D eigenvalue weighted by Gasteiger charge is -2.09. The monoisotopic (exact) mass is 285 g/mol. The summed E-state index contributed by atoms with van der Waals surface area (Å²) in [4.78, 5) is 15.7. The van der Waals surface area contributed by atoms with Crippen molar-refractivity contribution in [2.75, 3.05) is 24.4 Å². The summed E-state index contributed by atoms with van der Waals surface area (Å²) in [5.41, 5.74) is 3.78. The number of nitrogens with one attached hydrogen (secondary N) is 2. The van der Waals surface area contributed by atoms with Crippen molar-refractivity contribution in [2.24, 2.45) is 0 Å². The van der Waals surface area contributed by atoms with Crippen LogP contribution in [0, 0.1) is 6.92 Å². The van der Waals surface area contributed by atoms with E-state index in [1.807, 2.05) is 49.5 Å². The van der Waals surface area contributed by atoms with Gasteiger partial charge in [0.05, 0.1) is 0 Å². The Morgan fingerprint density at radius 1 is 1.24 bits per heavy atom. The first-order valence-electron chi connectivity index (χ1n) is 6.71. The molecule has 0 bridgehead atoms. The van der Waals surface area contributed by atoms with Crippen LogP contribution in [-0.4, -0.2) is 24.6 Å². The topological polar surface area (TPSA) is 63.2 Å². The minimum absolute atomic E-state index is 0.0483. The highest BCUT2D eigenvalue weighted by atomic mass is 16.5. The number of methoxy groups -OCH3 is 1. The van der Waals surface area contributed by atoms with Crippen molar-refractivity contribution in [2.45, 2.75) is 13.5 Å². The first-order chi connectivity index (χ1) is 10.2. The molecule has 2 N–H and O–H groups in total. The number of carbonyl (C=O) groups is 1. The molecule has 5 heteroatoms. The van der Waals surface area contributed by atoms with Crippen LogP contribution in [0.5, 0.6) is 0 Å². The molecule has 0 saturated carbocycles. The zero-order valence-corrected chi connectivity index (χ0v) is 12.2. The number of aromatic nitrogens is 1. The maximum Gasteiger partial charge on any atom is 0.250 e. The third kappa shape index (κ3) is 4.89. The van der Waals surface area contributed by atoms with Gasteiger partial charge in [0.1, 0.15) is 6.61 Å². The van der Waals surface area contributed by atoms with Crippen LogP contribution in [0.4, 0.5) is 11.4 Å². The van der Waals surface area contributed by atoms with E-state index in [1.54, 1.807) is 0 Å². The van der Waals surface area contributed by atoms with Crippen molar-refractivity contribution in [3.8, 4) is 0 Å². The number of ether oxygens (including phenoxy) is 1. The van der Waals surface area contributed by atoms with Crippen molar-refractivity contribution >= 4 is 17.3 Å². The smallest absolute Gasteiger partial charge is 0.250 e. The summed E-state index contributed by atoms with van der Waals surface area (Å²) in [7, 11) is 1.49. The van der Waals surface area contributed by atoms with Crippen LogP contribution in [0.15, 0.2) is 42.6 Å². The van der Waals surface area contributed by atoms with Crippen LogP contribution in [0.3, 0.4) is 0 Å². The van der Waals surface area contributed by atoms with Crippen LogP contribution in [-0.2, 0) is 16.1 Å². The Morgan fingerprint density at radius 2 is 2.05 bits per heavy atom. The highest BCUT2D eigenvalue weighted by molar-refractivity contribution is 5.92. The van der Waals surface area contributed by atoms with Gasteiger partial charge in [-0.15, -0.1) is 0 Å². The van der Waals surface area contributed by atoms with Gasteiger partial charge in [-0.2, -0.15) is 0 Å². The summed E-state index contributed by atoms with van der Waals surface area (Å²) in [6.07, 6.45) is 1.85. The lowest BCUT2D eigenvalue weighted by atomic mass is 10.2. The van der Waals surface area contributed by atoms with Gasteiger partial charge in [-0.25, -0.2) is 0 Å². The molecule has 0 spiro atoms. The highest BCUT2D eigenvalue weighted by Crippen LogP contribution is 2.16. The van der Waals surface area contributed by atoms with Crippen molar-refractivity contribution in [3.63, 3.8) is 0 Å². The fraction of sp³-hybridized carbons (Fsp3) is 0.250. The molecule has 5 nitrogen and oxygen atoms in total. The van der Waals surface area contributed by atoms with E-state index in [1.165, 1.54) is 7.11 Å². The van der Waals surface area contributed by atoms with Crippen LogP contribution in [0.25, 0.3) is 0 Å². The number of hydrogen-bond donors (Lipinski definition) is 2. The summed E-state index contributed by atoms with van der Waals surface area (Å²) < 4.78 is 4.79. The number of aryl methyl sites for hydroxylation is 1. The maximum atomic E-state index is 11.5. The second-order valence-electron chi connectivity index (χ2n) is 4.72. The Labute approximate surface area is 124 Å². The summed E-state index contributed by atoms with van der Waals surface area (Å²) in [6.45, 7) is 2.69. The lowest BCUT2D eigenvalue weighted by Crippen LogP contribution is -2.17. The molecule has 0 radical (unpaired) electrons. The Bertz CT molecular complexity index is 597.